The molecular formula is C9H12FN. The van der Waals surface area contributed by atoms with Crippen molar-refractivity contribution in [1.82, 2.24) is 0 Å². The van der Waals surface area contributed by atoms with E-state index in [0.717, 1.165) is 5.69 Å². The van der Waals surface area contributed by atoms with Crippen molar-refractivity contribution in [2.24, 2.45) is 0 Å². The van der Waals surface area contributed by atoms with Crippen LogP contribution in [0, 0.1) is 0 Å². The highest BCUT2D eigenvalue weighted by Gasteiger charge is 1.87. The van der Waals surface area contributed by atoms with Crippen LogP contribution in [0.15, 0.2) is 30.3 Å². The van der Waals surface area contributed by atoms with Gasteiger partial charge in [0.2, 0.25) is 0 Å². The number of alkyl halides is 1. The molecule has 0 amide bonds. The molecular weight excluding hydrogens is 141 g/mol. The van der Waals surface area contributed by atoms with Crippen LogP contribution in [-0.2, 0) is 0 Å². The first kappa shape index (κ1) is 8.05. The second-order valence-electron chi connectivity index (χ2n) is 2.34. The fraction of sp³-hybridized carbons (Fsp3) is 0.333. The summed E-state index contributed by atoms with van der Waals surface area (Å²) in [7, 11) is 0. The van der Waals surface area contributed by atoms with Gasteiger partial charge in [-0.3, -0.25) is 4.39 Å². The molecule has 1 aromatic rings. The Balaban J connectivity index is 2.28. The summed E-state index contributed by atoms with van der Waals surface area (Å²) in [4.78, 5) is 0. The van der Waals surface area contributed by atoms with E-state index in [2.05, 4.69) is 5.32 Å². The predicted octanol–water partition coefficient (Wildman–Crippen LogP) is 2.46. The van der Waals surface area contributed by atoms with Crippen molar-refractivity contribution in [2.75, 3.05) is 18.5 Å². The SMILES string of the molecule is FCCCNc1ccccc1. The molecule has 0 unspecified atom stereocenters. The van der Waals surface area contributed by atoms with E-state index >= 15 is 0 Å². The van der Waals surface area contributed by atoms with Gasteiger partial charge >= 0.3 is 0 Å². The topological polar surface area (TPSA) is 12.0 Å². The van der Waals surface area contributed by atoms with Crippen LogP contribution in [0.2, 0.25) is 0 Å². The summed E-state index contributed by atoms with van der Waals surface area (Å²) in [6.07, 6.45) is 0.578. The van der Waals surface area contributed by atoms with Crippen molar-refractivity contribution < 1.29 is 4.39 Å². The number of nitrogens with one attached hydrogen (secondary N) is 1. The highest BCUT2D eigenvalue weighted by molar-refractivity contribution is 5.42. The number of anilines is 1. The van der Waals surface area contributed by atoms with Crippen LogP contribution >= 0.6 is 0 Å². The molecule has 0 heterocycles. The minimum atomic E-state index is -0.250. The lowest BCUT2D eigenvalue weighted by atomic mass is 10.3. The predicted molar refractivity (Wildman–Crippen MR) is 45.5 cm³/mol. The number of halogens is 1. The monoisotopic (exact) mass is 153 g/mol. The molecule has 0 saturated heterocycles. The third kappa shape index (κ3) is 3.03. The Bertz CT molecular complexity index is 186. The molecule has 0 aromatic heterocycles. The molecule has 0 aliphatic heterocycles. The molecule has 0 fully saturated rings. The Morgan fingerprint density at radius 3 is 2.55 bits per heavy atom. The Kier molecular flexibility index (Phi) is 3.45. The molecule has 60 valence electrons. The zero-order valence-corrected chi connectivity index (χ0v) is 6.39. The van der Waals surface area contributed by atoms with Gasteiger partial charge in [-0.25, -0.2) is 0 Å². The van der Waals surface area contributed by atoms with Gasteiger partial charge in [0.25, 0.3) is 0 Å². The van der Waals surface area contributed by atoms with E-state index in [-0.39, 0.29) is 6.67 Å². The van der Waals surface area contributed by atoms with Gasteiger partial charge in [-0.2, -0.15) is 0 Å². The summed E-state index contributed by atoms with van der Waals surface area (Å²) in [6, 6.07) is 9.81. The molecule has 1 aromatic carbocycles. The minimum absolute atomic E-state index is 0.250. The van der Waals surface area contributed by atoms with Gasteiger partial charge in [0, 0.05) is 12.2 Å². The molecule has 11 heavy (non-hydrogen) atoms. The summed E-state index contributed by atoms with van der Waals surface area (Å²) in [5.41, 5.74) is 1.06. The average Bonchev–Trinajstić information content (AvgIpc) is 2.07. The maximum atomic E-state index is 11.7. The van der Waals surface area contributed by atoms with E-state index in [0.29, 0.717) is 13.0 Å². The second-order valence-corrected chi connectivity index (χ2v) is 2.34. The maximum absolute atomic E-state index is 11.7. The summed E-state index contributed by atoms with van der Waals surface area (Å²) in [5.74, 6) is 0. The smallest absolute Gasteiger partial charge is 0.0911 e. The van der Waals surface area contributed by atoms with Gasteiger partial charge in [0.15, 0.2) is 0 Å². The first-order valence-electron chi connectivity index (χ1n) is 3.78. The number of hydrogen-bond donors (Lipinski definition) is 1. The van der Waals surface area contributed by atoms with E-state index in [1.165, 1.54) is 0 Å². The van der Waals surface area contributed by atoms with Crippen molar-refractivity contribution in [2.45, 2.75) is 6.42 Å². The van der Waals surface area contributed by atoms with Crippen molar-refractivity contribution in [3.05, 3.63) is 30.3 Å². The third-order valence-electron chi connectivity index (χ3n) is 1.41. The highest BCUT2D eigenvalue weighted by Crippen LogP contribution is 2.04. The average molecular weight is 153 g/mol. The van der Waals surface area contributed by atoms with E-state index in [1.807, 2.05) is 30.3 Å². The normalized spacial score (nSPS) is 9.55. The molecule has 0 radical (unpaired) electrons. The van der Waals surface area contributed by atoms with Crippen molar-refractivity contribution in [1.29, 1.82) is 0 Å². The zero-order valence-electron chi connectivity index (χ0n) is 6.39. The summed E-state index contributed by atoms with van der Waals surface area (Å²) >= 11 is 0. The number of para-hydroxylation sites is 1. The van der Waals surface area contributed by atoms with E-state index in [9.17, 15) is 4.39 Å². The van der Waals surface area contributed by atoms with E-state index < -0.39 is 0 Å². The van der Waals surface area contributed by atoms with E-state index in [1.54, 1.807) is 0 Å². The van der Waals surface area contributed by atoms with Crippen LogP contribution in [0.3, 0.4) is 0 Å². The Morgan fingerprint density at radius 2 is 1.91 bits per heavy atom. The number of hydrogen-bond acceptors (Lipinski definition) is 1. The summed E-state index contributed by atoms with van der Waals surface area (Å²) in [5, 5.41) is 3.11. The molecule has 1 nitrogen and oxygen atoms in total. The van der Waals surface area contributed by atoms with Gasteiger partial charge in [0.1, 0.15) is 0 Å². The molecule has 1 rings (SSSR count). The second kappa shape index (κ2) is 4.72. The molecule has 0 aliphatic carbocycles. The highest BCUT2D eigenvalue weighted by atomic mass is 19.1. The minimum Gasteiger partial charge on any atom is -0.385 e. The van der Waals surface area contributed by atoms with Crippen LogP contribution < -0.4 is 5.32 Å². The molecule has 1 N–H and O–H groups in total. The lowest BCUT2D eigenvalue weighted by Gasteiger charge is -2.02. The molecule has 0 bridgehead atoms. The van der Waals surface area contributed by atoms with Crippen LogP contribution in [0.4, 0.5) is 10.1 Å². The Labute approximate surface area is 66.2 Å². The molecule has 0 aliphatic rings. The van der Waals surface area contributed by atoms with Crippen molar-refractivity contribution >= 4 is 5.69 Å². The lowest BCUT2D eigenvalue weighted by molar-refractivity contribution is 0.481. The third-order valence-corrected chi connectivity index (χ3v) is 1.41. The van der Waals surface area contributed by atoms with E-state index in [4.69, 9.17) is 0 Å². The van der Waals surface area contributed by atoms with Gasteiger partial charge in [-0.15, -0.1) is 0 Å². The van der Waals surface area contributed by atoms with Crippen molar-refractivity contribution in [3.8, 4) is 0 Å². The largest absolute Gasteiger partial charge is 0.385 e. The number of benzene rings is 1. The van der Waals surface area contributed by atoms with Crippen molar-refractivity contribution in [3.63, 3.8) is 0 Å². The lowest BCUT2D eigenvalue weighted by Crippen LogP contribution is -2.01. The molecule has 0 saturated carbocycles. The fourth-order valence-electron chi connectivity index (χ4n) is 0.856. The fourth-order valence-corrected chi connectivity index (χ4v) is 0.856. The Morgan fingerprint density at radius 1 is 1.18 bits per heavy atom. The van der Waals surface area contributed by atoms with Gasteiger partial charge < -0.3 is 5.32 Å². The first-order chi connectivity index (χ1) is 5.43. The molecule has 2 heteroatoms. The van der Waals surface area contributed by atoms with Crippen LogP contribution in [0.25, 0.3) is 0 Å². The van der Waals surface area contributed by atoms with Gasteiger partial charge in [-0.05, 0) is 18.6 Å². The maximum Gasteiger partial charge on any atom is 0.0911 e. The summed E-state index contributed by atoms with van der Waals surface area (Å²) < 4.78 is 11.7. The molecule has 0 atom stereocenters. The van der Waals surface area contributed by atoms with Crippen LogP contribution in [-0.4, -0.2) is 13.2 Å². The first-order valence-corrected chi connectivity index (χ1v) is 3.78. The standard InChI is InChI=1S/C9H12FN/c10-7-4-8-11-9-5-2-1-3-6-9/h1-3,5-6,11H,4,7-8H2. The number of rotatable bonds is 4. The molecule has 0 spiro atoms. The van der Waals surface area contributed by atoms with Crippen LogP contribution in [0.1, 0.15) is 6.42 Å². The zero-order chi connectivity index (χ0) is 7.94. The van der Waals surface area contributed by atoms with Gasteiger partial charge in [-0.1, -0.05) is 18.2 Å². The quantitative estimate of drug-likeness (QED) is 0.655. The summed E-state index contributed by atoms with van der Waals surface area (Å²) in [6.45, 7) is 0.459. The van der Waals surface area contributed by atoms with Crippen LogP contribution in [0.5, 0.6) is 0 Å². The van der Waals surface area contributed by atoms with Gasteiger partial charge in [0.05, 0.1) is 6.67 Å². The Hall–Kier alpha value is -1.05.